The smallest absolute Gasteiger partial charge is 0.397 e. The van der Waals surface area contributed by atoms with Crippen molar-refractivity contribution in [2.75, 3.05) is 11.1 Å². The lowest BCUT2D eigenvalue weighted by Gasteiger charge is -2.14. The highest BCUT2D eigenvalue weighted by Crippen LogP contribution is 2.32. The standard InChI is InChI=1S/C10H13F3N2/c1-6(2)15-9-4-3-7(5-8(9)14)10(11,12)13/h3-6,15H,14H2,1-2H3. The summed E-state index contributed by atoms with van der Waals surface area (Å²) in [5.74, 6) is 0. The SMILES string of the molecule is CC(C)Nc1ccc(C(F)(F)F)cc1N. The van der Waals surface area contributed by atoms with Gasteiger partial charge in [0.1, 0.15) is 0 Å². The Morgan fingerprint density at radius 1 is 1.27 bits per heavy atom. The highest BCUT2D eigenvalue weighted by molar-refractivity contribution is 5.67. The molecule has 0 aliphatic rings. The van der Waals surface area contributed by atoms with Crippen molar-refractivity contribution in [1.82, 2.24) is 0 Å². The molecule has 1 aromatic carbocycles. The van der Waals surface area contributed by atoms with E-state index in [4.69, 9.17) is 5.73 Å². The number of nitrogens with two attached hydrogens (primary N) is 1. The third-order valence-corrected chi connectivity index (χ3v) is 1.82. The lowest BCUT2D eigenvalue weighted by Crippen LogP contribution is -2.12. The summed E-state index contributed by atoms with van der Waals surface area (Å²) < 4.78 is 36.9. The van der Waals surface area contributed by atoms with Gasteiger partial charge in [-0.25, -0.2) is 0 Å². The van der Waals surface area contributed by atoms with Gasteiger partial charge < -0.3 is 11.1 Å². The summed E-state index contributed by atoms with van der Waals surface area (Å²) in [6, 6.07) is 3.42. The van der Waals surface area contributed by atoms with E-state index >= 15 is 0 Å². The molecule has 2 nitrogen and oxygen atoms in total. The minimum absolute atomic E-state index is 0.110. The van der Waals surface area contributed by atoms with Crippen molar-refractivity contribution in [3.63, 3.8) is 0 Å². The molecular formula is C10H13F3N2. The maximum absolute atomic E-state index is 12.3. The summed E-state index contributed by atoms with van der Waals surface area (Å²) >= 11 is 0. The molecule has 84 valence electrons. The van der Waals surface area contributed by atoms with E-state index in [2.05, 4.69) is 5.32 Å². The molecule has 3 N–H and O–H groups in total. The molecule has 5 heteroatoms. The summed E-state index contributed by atoms with van der Waals surface area (Å²) in [6.07, 6.45) is -4.34. The fraction of sp³-hybridized carbons (Fsp3) is 0.400. The molecule has 0 fully saturated rings. The maximum Gasteiger partial charge on any atom is 0.416 e. The first-order chi connectivity index (χ1) is 6.80. The predicted molar refractivity (Wildman–Crippen MR) is 54.6 cm³/mol. The summed E-state index contributed by atoms with van der Waals surface area (Å²) in [7, 11) is 0. The van der Waals surface area contributed by atoms with Crippen LogP contribution in [0.3, 0.4) is 0 Å². The summed E-state index contributed by atoms with van der Waals surface area (Å²) in [6.45, 7) is 3.77. The summed E-state index contributed by atoms with van der Waals surface area (Å²) in [5.41, 5.74) is 5.41. The van der Waals surface area contributed by atoms with Gasteiger partial charge in [-0.15, -0.1) is 0 Å². The van der Waals surface area contributed by atoms with Gasteiger partial charge >= 0.3 is 6.18 Å². The number of nitrogen functional groups attached to an aromatic ring is 1. The molecule has 0 saturated carbocycles. The second-order valence-corrected chi connectivity index (χ2v) is 3.60. The van der Waals surface area contributed by atoms with Crippen LogP contribution in [0.15, 0.2) is 18.2 Å². The highest BCUT2D eigenvalue weighted by Gasteiger charge is 2.30. The van der Waals surface area contributed by atoms with Crippen LogP contribution in [-0.4, -0.2) is 6.04 Å². The molecule has 1 rings (SSSR count). The quantitative estimate of drug-likeness (QED) is 0.748. The molecule has 0 aliphatic heterocycles. The first-order valence-electron chi connectivity index (χ1n) is 4.54. The van der Waals surface area contributed by atoms with Crippen molar-refractivity contribution in [1.29, 1.82) is 0 Å². The Morgan fingerprint density at radius 2 is 1.87 bits per heavy atom. The number of alkyl halides is 3. The van der Waals surface area contributed by atoms with Crippen LogP contribution < -0.4 is 11.1 Å². The van der Waals surface area contributed by atoms with Crippen LogP contribution in [0, 0.1) is 0 Å². The van der Waals surface area contributed by atoms with E-state index in [0.29, 0.717) is 5.69 Å². The van der Waals surface area contributed by atoms with Gasteiger partial charge in [-0.2, -0.15) is 13.2 Å². The molecule has 0 radical (unpaired) electrons. The van der Waals surface area contributed by atoms with Gasteiger partial charge in [0.15, 0.2) is 0 Å². The van der Waals surface area contributed by atoms with Crippen molar-refractivity contribution in [3.8, 4) is 0 Å². The Kier molecular flexibility index (Phi) is 3.12. The summed E-state index contributed by atoms with van der Waals surface area (Å²) in [4.78, 5) is 0. The van der Waals surface area contributed by atoms with Crippen molar-refractivity contribution in [2.45, 2.75) is 26.1 Å². The van der Waals surface area contributed by atoms with E-state index in [1.165, 1.54) is 6.07 Å². The largest absolute Gasteiger partial charge is 0.416 e. The van der Waals surface area contributed by atoms with Crippen LogP contribution in [0.2, 0.25) is 0 Å². The fourth-order valence-corrected chi connectivity index (χ4v) is 1.18. The lowest BCUT2D eigenvalue weighted by atomic mass is 10.1. The van der Waals surface area contributed by atoms with Crippen LogP contribution in [0.1, 0.15) is 19.4 Å². The Balaban J connectivity index is 2.98. The second kappa shape index (κ2) is 4.00. The molecule has 0 amide bonds. The van der Waals surface area contributed by atoms with Crippen molar-refractivity contribution in [2.24, 2.45) is 0 Å². The van der Waals surface area contributed by atoms with E-state index < -0.39 is 11.7 Å². The third kappa shape index (κ3) is 3.04. The number of rotatable bonds is 2. The molecule has 0 heterocycles. The van der Waals surface area contributed by atoms with Crippen LogP contribution in [0.4, 0.5) is 24.5 Å². The normalized spacial score (nSPS) is 11.9. The molecular weight excluding hydrogens is 205 g/mol. The fourth-order valence-electron chi connectivity index (χ4n) is 1.18. The lowest BCUT2D eigenvalue weighted by molar-refractivity contribution is -0.137. The van der Waals surface area contributed by atoms with Gasteiger partial charge in [0.05, 0.1) is 16.9 Å². The molecule has 0 aliphatic carbocycles. The first kappa shape index (κ1) is 11.7. The van der Waals surface area contributed by atoms with Crippen molar-refractivity contribution >= 4 is 11.4 Å². The van der Waals surface area contributed by atoms with Crippen molar-refractivity contribution in [3.05, 3.63) is 23.8 Å². The highest BCUT2D eigenvalue weighted by atomic mass is 19.4. The number of anilines is 2. The molecule has 0 bridgehead atoms. The topological polar surface area (TPSA) is 38.0 Å². The number of nitrogens with one attached hydrogen (secondary N) is 1. The second-order valence-electron chi connectivity index (χ2n) is 3.60. The number of hydrogen-bond donors (Lipinski definition) is 2. The molecule has 0 aromatic heterocycles. The minimum atomic E-state index is -4.34. The number of benzene rings is 1. The van der Waals surface area contributed by atoms with E-state index in [1.807, 2.05) is 13.8 Å². The Morgan fingerprint density at radius 3 is 2.27 bits per heavy atom. The van der Waals surface area contributed by atoms with Gasteiger partial charge in [0.2, 0.25) is 0 Å². The van der Waals surface area contributed by atoms with Crippen LogP contribution in [-0.2, 0) is 6.18 Å². The average Bonchev–Trinajstić information content (AvgIpc) is 2.05. The number of hydrogen-bond acceptors (Lipinski definition) is 2. The summed E-state index contributed by atoms with van der Waals surface area (Å²) in [5, 5.41) is 2.96. The van der Waals surface area contributed by atoms with Gasteiger partial charge in [-0.3, -0.25) is 0 Å². The Bertz CT molecular complexity index is 345. The zero-order valence-corrected chi connectivity index (χ0v) is 8.52. The van der Waals surface area contributed by atoms with Crippen LogP contribution in [0.25, 0.3) is 0 Å². The molecule has 0 unspecified atom stereocenters. The van der Waals surface area contributed by atoms with Gasteiger partial charge in [0.25, 0.3) is 0 Å². The molecule has 0 saturated heterocycles. The average molecular weight is 218 g/mol. The van der Waals surface area contributed by atoms with E-state index in [-0.39, 0.29) is 11.7 Å². The van der Waals surface area contributed by atoms with E-state index in [0.717, 1.165) is 12.1 Å². The third-order valence-electron chi connectivity index (χ3n) is 1.82. The van der Waals surface area contributed by atoms with E-state index in [9.17, 15) is 13.2 Å². The Labute approximate surface area is 86.3 Å². The zero-order valence-electron chi connectivity index (χ0n) is 8.52. The molecule has 0 atom stereocenters. The molecule has 0 spiro atoms. The Hall–Kier alpha value is -1.39. The molecule has 1 aromatic rings. The first-order valence-corrected chi connectivity index (χ1v) is 4.54. The maximum atomic E-state index is 12.3. The van der Waals surface area contributed by atoms with Crippen LogP contribution in [0.5, 0.6) is 0 Å². The van der Waals surface area contributed by atoms with Gasteiger partial charge in [-0.1, -0.05) is 0 Å². The van der Waals surface area contributed by atoms with Gasteiger partial charge in [-0.05, 0) is 32.0 Å². The molecule has 15 heavy (non-hydrogen) atoms. The predicted octanol–water partition coefficient (Wildman–Crippen LogP) is 3.11. The zero-order chi connectivity index (χ0) is 11.6. The van der Waals surface area contributed by atoms with Crippen LogP contribution >= 0.6 is 0 Å². The monoisotopic (exact) mass is 218 g/mol. The van der Waals surface area contributed by atoms with E-state index in [1.54, 1.807) is 0 Å². The number of halogens is 3. The minimum Gasteiger partial charge on any atom is -0.397 e. The van der Waals surface area contributed by atoms with Gasteiger partial charge in [0, 0.05) is 6.04 Å². The van der Waals surface area contributed by atoms with Crippen molar-refractivity contribution < 1.29 is 13.2 Å².